The molecule has 0 spiro atoms. The molecule has 23 N–H and O–H groups in total. The van der Waals surface area contributed by atoms with Crippen LogP contribution >= 0.6 is 0 Å². The summed E-state index contributed by atoms with van der Waals surface area (Å²) in [5, 5.41) is 33.1. The number of phenols is 1. The van der Waals surface area contributed by atoms with Crippen molar-refractivity contribution in [2.45, 2.75) is 158 Å². The summed E-state index contributed by atoms with van der Waals surface area (Å²) in [6, 6.07) is 19.6. The SMILES string of the molecule is CC[C@H](C)[C@H](NC(=O)[C@@H](Cc1ccccc1)NC(=O)[C@@H](Cc1c[nH]c2ccccc12)NC(=O)[C@@H](N)CCCN=C(N)N)C(=O)N[C@H](Cc1ccccc1)C(=O)N[C@@H](Cc1cnc[nH]1)C(=O)N[C@@H](CCCCN)C(=O)N[C@@H](CCCCN)C(=O)N[C@@H](Cc1ccc(O)cc1)C(N)=O. The molecule has 0 saturated heterocycles. The molecule has 9 amide bonds. The third-order valence-corrected chi connectivity index (χ3v) is 16.5. The van der Waals surface area contributed by atoms with Crippen LogP contribution in [-0.4, -0.2) is 153 Å². The van der Waals surface area contributed by atoms with E-state index in [1.807, 2.05) is 31.2 Å². The van der Waals surface area contributed by atoms with Gasteiger partial charge >= 0.3 is 0 Å². The van der Waals surface area contributed by atoms with Crippen molar-refractivity contribution in [1.82, 2.24) is 57.5 Å². The summed E-state index contributed by atoms with van der Waals surface area (Å²) in [4.78, 5) is 144. The van der Waals surface area contributed by atoms with E-state index in [2.05, 4.69) is 62.5 Å². The van der Waals surface area contributed by atoms with Gasteiger partial charge in [-0.3, -0.25) is 48.1 Å². The van der Waals surface area contributed by atoms with Crippen molar-refractivity contribution < 1.29 is 48.3 Å². The number of aromatic amines is 2. The van der Waals surface area contributed by atoms with Gasteiger partial charge in [-0.1, -0.05) is 111 Å². The van der Waals surface area contributed by atoms with E-state index in [9.17, 15) is 38.7 Å². The van der Waals surface area contributed by atoms with E-state index in [4.69, 9.17) is 34.4 Å². The number of nitrogens with zero attached hydrogens (tertiary/aromatic N) is 2. The van der Waals surface area contributed by atoms with Crippen molar-refractivity contribution in [2.75, 3.05) is 19.6 Å². The highest BCUT2D eigenvalue weighted by atomic mass is 16.3. The second kappa shape index (κ2) is 38.9. The lowest BCUT2D eigenvalue weighted by atomic mass is 9.96. The number of nitrogens with two attached hydrogens (primary N) is 6. The lowest BCUT2D eigenvalue weighted by Crippen LogP contribution is -2.62. The number of rotatable bonds is 41. The van der Waals surface area contributed by atoms with E-state index in [1.54, 1.807) is 85.9 Å². The quantitative estimate of drug-likeness (QED) is 0.0138. The van der Waals surface area contributed by atoms with Crippen LogP contribution in [0.15, 0.2) is 133 Å². The Kier molecular flexibility index (Phi) is 30.3. The van der Waals surface area contributed by atoms with Gasteiger partial charge in [0.25, 0.3) is 0 Å². The van der Waals surface area contributed by atoms with Crippen molar-refractivity contribution in [3.8, 4) is 5.75 Å². The monoisotopic (exact) mass is 1320 g/mol. The molecule has 0 aliphatic carbocycles. The zero-order chi connectivity index (χ0) is 69.5. The Labute approximate surface area is 558 Å². The molecule has 0 unspecified atom stereocenters. The van der Waals surface area contributed by atoms with Crippen molar-refractivity contribution >= 4 is 70.0 Å². The van der Waals surface area contributed by atoms with E-state index in [1.165, 1.54) is 24.7 Å². The van der Waals surface area contributed by atoms with Crippen LogP contribution in [0.25, 0.3) is 10.9 Å². The first-order valence-electron chi connectivity index (χ1n) is 32.5. The summed E-state index contributed by atoms with van der Waals surface area (Å²) in [5.74, 6) is -7.51. The normalized spacial score (nSPS) is 14.3. The molecule has 96 heavy (non-hydrogen) atoms. The molecule has 0 fully saturated rings. The second-order valence-electron chi connectivity index (χ2n) is 23.9. The molecule has 0 aliphatic heterocycles. The molecule has 0 saturated carbocycles. The second-order valence-corrected chi connectivity index (χ2v) is 23.9. The molecule has 0 bridgehead atoms. The fourth-order valence-corrected chi connectivity index (χ4v) is 10.8. The number of unbranched alkanes of at least 4 members (excludes halogenated alkanes) is 2. The van der Waals surface area contributed by atoms with Gasteiger partial charge in [0, 0.05) is 67.6 Å². The first-order valence-corrected chi connectivity index (χ1v) is 32.5. The van der Waals surface area contributed by atoms with Gasteiger partial charge in [0.2, 0.25) is 53.2 Å². The van der Waals surface area contributed by atoms with Crippen molar-refractivity contribution in [3.63, 3.8) is 0 Å². The Balaban J connectivity index is 1.25. The number of hydrogen-bond acceptors (Lipinski definition) is 15. The van der Waals surface area contributed by atoms with Gasteiger partial charge in [-0.15, -0.1) is 0 Å². The Bertz CT molecular complexity index is 3500. The van der Waals surface area contributed by atoms with Gasteiger partial charge in [-0.25, -0.2) is 4.98 Å². The van der Waals surface area contributed by atoms with Crippen LogP contribution in [-0.2, 0) is 75.3 Å². The fraction of sp³-hybridized carbons (Fsp3) is 0.426. The van der Waals surface area contributed by atoms with E-state index < -0.39 is 113 Å². The van der Waals surface area contributed by atoms with Crippen LogP contribution < -0.4 is 76.9 Å². The highest BCUT2D eigenvalue weighted by Gasteiger charge is 2.37. The van der Waals surface area contributed by atoms with Crippen LogP contribution in [0.1, 0.15) is 99.6 Å². The van der Waals surface area contributed by atoms with Crippen molar-refractivity contribution in [2.24, 2.45) is 45.3 Å². The van der Waals surface area contributed by atoms with Crippen LogP contribution in [0.3, 0.4) is 0 Å². The van der Waals surface area contributed by atoms with Crippen molar-refractivity contribution in [1.29, 1.82) is 0 Å². The number of phenolic OH excluding ortho intramolecular Hbond substituents is 1. The summed E-state index contributed by atoms with van der Waals surface area (Å²) in [6.45, 7) is 4.33. The zero-order valence-electron chi connectivity index (χ0n) is 54.4. The molecule has 6 aromatic rings. The maximum absolute atomic E-state index is 15.0. The number of imidazole rings is 1. The molecular weight excluding hydrogens is 1230 g/mol. The van der Waals surface area contributed by atoms with E-state index in [0.29, 0.717) is 66.5 Å². The topological polar surface area (TPSA) is 483 Å². The summed E-state index contributed by atoms with van der Waals surface area (Å²) in [5.41, 5.74) is 38.5. The zero-order valence-corrected chi connectivity index (χ0v) is 54.4. The molecule has 6 rings (SSSR count). The lowest BCUT2D eigenvalue weighted by Gasteiger charge is -2.30. The first-order chi connectivity index (χ1) is 46.2. The Morgan fingerprint density at radius 2 is 0.958 bits per heavy atom. The minimum absolute atomic E-state index is 0.00107. The molecule has 4 aromatic carbocycles. The Hall–Kier alpha value is -10.2. The van der Waals surface area contributed by atoms with Crippen LogP contribution in [0, 0.1) is 5.92 Å². The average Bonchev–Trinajstić information content (AvgIpc) is 2.18. The Morgan fingerprint density at radius 1 is 0.500 bits per heavy atom. The number of primary amides is 1. The summed E-state index contributed by atoms with van der Waals surface area (Å²) in [7, 11) is 0. The van der Waals surface area contributed by atoms with Gasteiger partial charge in [0.05, 0.1) is 12.4 Å². The summed E-state index contributed by atoms with van der Waals surface area (Å²) in [6.07, 6.45) is 6.97. The number of para-hydroxylation sites is 1. The number of nitrogens with one attached hydrogen (secondary N) is 10. The number of amides is 9. The van der Waals surface area contributed by atoms with E-state index in [0.717, 1.165) is 10.9 Å². The number of aromatic hydroxyl groups is 1. The van der Waals surface area contributed by atoms with E-state index >= 15 is 9.59 Å². The third kappa shape index (κ3) is 24.3. The molecule has 28 nitrogen and oxygen atoms in total. The highest BCUT2D eigenvalue weighted by molar-refractivity contribution is 5.99. The number of H-pyrrole nitrogens is 2. The van der Waals surface area contributed by atoms with Gasteiger partial charge in [0.15, 0.2) is 5.96 Å². The maximum Gasteiger partial charge on any atom is 0.243 e. The van der Waals surface area contributed by atoms with E-state index in [-0.39, 0.29) is 82.7 Å². The largest absolute Gasteiger partial charge is 0.508 e. The number of aromatic nitrogens is 3. The number of aliphatic imine (C=N–C) groups is 1. The maximum atomic E-state index is 15.0. The van der Waals surface area contributed by atoms with Crippen LogP contribution in [0.5, 0.6) is 5.75 Å². The summed E-state index contributed by atoms with van der Waals surface area (Å²) >= 11 is 0. The molecule has 2 aromatic heterocycles. The molecule has 2 heterocycles. The molecule has 28 heteroatoms. The lowest BCUT2D eigenvalue weighted by molar-refractivity contribution is -0.136. The average molecular weight is 1320 g/mol. The smallest absolute Gasteiger partial charge is 0.243 e. The van der Waals surface area contributed by atoms with Gasteiger partial charge in [0.1, 0.15) is 54.1 Å². The molecule has 516 valence electrons. The van der Waals surface area contributed by atoms with Gasteiger partial charge in [-0.05, 0) is 111 Å². The van der Waals surface area contributed by atoms with Crippen molar-refractivity contribution in [3.05, 3.63) is 156 Å². The van der Waals surface area contributed by atoms with Crippen LogP contribution in [0.4, 0.5) is 0 Å². The minimum Gasteiger partial charge on any atom is -0.508 e. The van der Waals surface area contributed by atoms with Gasteiger partial charge in [-0.2, -0.15) is 0 Å². The number of benzene rings is 4. The molecule has 0 aliphatic rings. The van der Waals surface area contributed by atoms with Crippen LogP contribution in [0.2, 0.25) is 0 Å². The fourth-order valence-electron chi connectivity index (χ4n) is 10.8. The minimum atomic E-state index is -1.43. The number of hydrogen-bond donors (Lipinski definition) is 17. The van der Waals surface area contributed by atoms with Gasteiger partial charge < -0.3 is 92.0 Å². The standard InChI is InChI=1S/C68H94N18O10/c1-3-41(2)58(86-66(95)55(35-43-19-8-5-9-20-43)83-64(93)56(36-45-38-77-50-23-11-10-21-48(45)50)82-60(89)49(71)22-16-32-76-68(73)74)67(96)85-54(34-42-17-6-4-7-18-42)63(92)84-57(37-46-39-75-40-78-46)65(94)80-51(24-12-14-30-69)61(90)79-52(25-13-15-31-70)62(91)81-53(59(72)88)33-44-26-28-47(87)29-27-44/h4-11,17-21,23,26-29,38-41,49,51-58,77,87H,3,12-16,22,24-25,30-37,69-71H2,1-2H3,(H2,72,88)(H,75,78)(H,79,90)(H,80,94)(H,81,91)(H,82,89)(H,83,93)(H,84,92)(H,85,96)(H,86,95)(H4,73,74,76)/t41-,49-,51-,52-,53-,54+,55+,56+,57-,58-/m0/s1. The molecule has 10 atom stereocenters. The highest BCUT2D eigenvalue weighted by Crippen LogP contribution is 2.21. The number of carbonyl (C=O) groups is 9. The predicted molar refractivity (Wildman–Crippen MR) is 364 cm³/mol. The molecule has 0 radical (unpaired) electrons. The molecular formula is C68H94N18O10. The first kappa shape index (κ1) is 74.8. The Morgan fingerprint density at radius 3 is 1.48 bits per heavy atom. The summed E-state index contributed by atoms with van der Waals surface area (Å²) < 4.78 is 0. The number of fused-ring (bicyclic) bond motifs is 1. The number of carbonyl (C=O) groups excluding carboxylic acids is 9. The third-order valence-electron chi connectivity index (χ3n) is 16.5. The number of guanidine groups is 1. The predicted octanol–water partition coefficient (Wildman–Crippen LogP) is 0.159.